The number of carbonyl (C=O) groups excluding carboxylic acids is 1. The van der Waals surface area contributed by atoms with Crippen LogP contribution in [0.2, 0.25) is 0 Å². The Labute approximate surface area is 130 Å². The Morgan fingerprint density at radius 1 is 1.25 bits per heavy atom. The summed E-state index contributed by atoms with van der Waals surface area (Å²) in [5, 5.41) is 6.31. The second kappa shape index (κ2) is 9.14. The lowest BCUT2D eigenvalue weighted by Crippen LogP contribution is -2.43. The van der Waals surface area contributed by atoms with E-state index in [9.17, 15) is 4.79 Å². The molecule has 1 aromatic carbocycles. The number of unbranched alkanes of at least 4 members (excludes halogenated alkanes) is 2. The fourth-order valence-corrected chi connectivity index (χ4v) is 2.73. The van der Waals surface area contributed by atoms with E-state index in [2.05, 4.69) is 46.5 Å². The predicted octanol–water partition coefficient (Wildman–Crippen LogP) is 3.79. The molecule has 0 heterocycles. The quantitative estimate of drug-likeness (QED) is 0.706. The number of benzene rings is 1. The van der Waals surface area contributed by atoms with Crippen molar-refractivity contribution in [3.05, 3.63) is 34.3 Å². The van der Waals surface area contributed by atoms with Crippen LogP contribution in [0.3, 0.4) is 0 Å². The van der Waals surface area contributed by atoms with E-state index in [1.54, 1.807) is 0 Å². The molecular formula is C16H25BrN2O. The van der Waals surface area contributed by atoms with E-state index >= 15 is 0 Å². The number of rotatable bonds is 8. The van der Waals surface area contributed by atoms with Crippen molar-refractivity contribution in [3.63, 3.8) is 0 Å². The topological polar surface area (TPSA) is 41.1 Å². The maximum atomic E-state index is 12.0. The monoisotopic (exact) mass is 340 g/mol. The molecule has 0 aliphatic carbocycles. The van der Waals surface area contributed by atoms with Gasteiger partial charge in [-0.05, 0) is 31.9 Å². The summed E-state index contributed by atoms with van der Waals surface area (Å²) < 4.78 is 1.07. The van der Waals surface area contributed by atoms with Crippen LogP contribution in [0, 0.1) is 0 Å². The molecule has 1 rings (SSSR count). The lowest BCUT2D eigenvalue weighted by Gasteiger charge is -2.21. The molecule has 0 aliphatic heterocycles. The van der Waals surface area contributed by atoms with Crippen molar-refractivity contribution in [3.8, 4) is 0 Å². The molecule has 1 amide bonds. The number of hydrogen-bond donors (Lipinski definition) is 2. The number of nitrogens with one attached hydrogen (secondary N) is 2. The summed E-state index contributed by atoms with van der Waals surface area (Å²) in [5.41, 5.74) is 1.16. The van der Waals surface area contributed by atoms with Crippen LogP contribution >= 0.6 is 15.9 Å². The van der Waals surface area contributed by atoms with Gasteiger partial charge in [0.05, 0.1) is 6.04 Å². The van der Waals surface area contributed by atoms with E-state index in [1.165, 1.54) is 6.42 Å². The second-order valence-electron chi connectivity index (χ2n) is 5.13. The van der Waals surface area contributed by atoms with Crippen LogP contribution in [0.5, 0.6) is 0 Å². The third kappa shape index (κ3) is 5.63. The highest BCUT2D eigenvalue weighted by atomic mass is 79.9. The molecule has 1 unspecified atom stereocenters. The van der Waals surface area contributed by atoms with Gasteiger partial charge < -0.3 is 5.32 Å². The van der Waals surface area contributed by atoms with Gasteiger partial charge in [0.15, 0.2) is 0 Å². The molecule has 20 heavy (non-hydrogen) atoms. The van der Waals surface area contributed by atoms with Gasteiger partial charge in [-0.1, -0.05) is 53.9 Å². The molecule has 0 saturated heterocycles. The lowest BCUT2D eigenvalue weighted by atomic mass is 10.1. The second-order valence-corrected chi connectivity index (χ2v) is 5.98. The van der Waals surface area contributed by atoms with Crippen LogP contribution in [0.1, 0.15) is 51.6 Å². The molecule has 112 valence electrons. The highest BCUT2D eigenvalue weighted by Gasteiger charge is 2.16. The molecule has 0 aromatic heterocycles. The van der Waals surface area contributed by atoms with Crippen LogP contribution in [0.15, 0.2) is 28.7 Å². The largest absolute Gasteiger partial charge is 0.355 e. The average molecular weight is 341 g/mol. The first-order valence-corrected chi connectivity index (χ1v) is 8.13. The Balaban J connectivity index is 2.43. The zero-order chi connectivity index (χ0) is 15.0. The first-order chi connectivity index (χ1) is 9.56. The van der Waals surface area contributed by atoms with Crippen molar-refractivity contribution in [1.82, 2.24) is 10.6 Å². The third-order valence-electron chi connectivity index (χ3n) is 3.34. The molecule has 1 aromatic rings. The lowest BCUT2D eigenvalue weighted by molar-refractivity contribution is -0.122. The maximum absolute atomic E-state index is 12.0. The van der Waals surface area contributed by atoms with Gasteiger partial charge >= 0.3 is 0 Å². The molecule has 2 atom stereocenters. The van der Waals surface area contributed by atoms with Crippen LogP contribution in [-0.2, 0) is 4.79 Å². The molecule has 0 spiro atoms. The number of hydrogen-bond acceptors (Lipinski definition) is 2. The zero-order valence-corrected chi connectivity index (χ0v) is 14.2. The minimum atomic E-state index is -0.196. The van der Waals surface area contributed by atoms with Crippen molar-refractivity contribution >= 4 is 21.8 Å². The third-order valence-corrected chi connectivity index (χ3v) is 4.07. The molecule has 0 fully saturated rings. The summed E-state index contributed by atoms with van der Waals surface area (Å²) in [6.45, 7) is 6.90. The fraction of sp³-hybridized carbons (Fsp3) is 0.562. The molecule has 0 aliphatic rings. The molecule has 0 saturated carbocycles. The Morgan fingerprint density at radius 3 is 2.60 bits per heavy atom. The fourth-order valence-electron chi connectivity index (χ4n) is 2.11. The van der Waals surface area contributed by atoms with Crippen LogP contribution < -0.4 is 10.6 Å². The minimum Gasteiger partial charge on any atom is -0.355 e. The van der Waals surface area contributed by atoms with Gasteiger partial charge in [-0.25, -0.2) is 0 Å². The van der Waals surface area contributed by atoms with E-state index in [0.29, 0.717) is 0 Å². The van der Waals surface area contributed by atoms with Crippen molar-refractivity contribution in [2.75, 3.05) is 6.54 Å². The molecule has 4 heteroatoms. The summed E-state index contributed by atoms with van der Waals surface area (Å²) in [6.07, 6.45) is 3.38. The van der Waals surface area contributed by atoms with E-state index in [-0.39, 0.29) is 18.0 Å². The SMILES string of the molecule is CCCCCNC(=O)C(C)N[C@@H](C)c1ccccc1Br. The number of carbonyl (C=O) groups is 1. The van der Waals surface area contributed by atoms with Gasteiger partial charge in [0, 0.05) is 17.1 Å². The Hall–Kier alpha value is -0.870. The van der Waals surface area contributed by atoms with Gasteiger partial charge in [-0.15, -0.1) is 0 Å². The summed E-state index contributed by atoms with van der Waals surface area (Å²) >= 11 is 3.54. The summed E-state index contributed by atoms with van der Waals surface area (Å²) in [4.78, 5) is 12.0. The van der Waals surface area contributed by atoms with Gasteiger partial charge in [-0.3, -0.25) is 10.1 Å². The Bertz CT molecular complexity index is 423. The van der Waals surface area contributed by atoms with Gasteiger partial charge in [-0.2, -0.15) is 0 Å². The molecular weight excluding hydrogens is 316 g/mol. The molecule has 3 nitrogen and oxygen atoms in total. The first kappa shape index (κ1) is 17.2. The highest BCUT2D eigenvalue weighted by molar-refractivity contribution is 9.10. The van der Waals surface area contributed by atoms with E-state index in [1.807, 2.05) is 25.1 Å². The Morgan fingerprint density at radius 2 is 1.95 bits per heavy atom. The van der Waals surface area contributed by atoms with E-state index in [0.717, 1.165) is 29.4 Å². The van der Waals surface area contributed by atoms with Crippen LogP contribution in [0.25, 0.3) is 0 Å². The zero-order valence-electron chi connectivity index (χ0n) is 12.6. The summed E-state index contributed by atoms with van der Waals surface area (Å²) in [5.74, 6) is 0.0695. The normalized spacial score (nSPS) is 13.8. The summed E-state index contributed by atoms with van der Waals surface area (Å²) in [7, 11) is 0. The standard InChI is InChI=1S/C16H25BrN2O/c1-4-5-8-11-18-16(20)13(3)19-12(2)14-9-6-7-10-15(14)17/h6-7,9-10,12-13,19H,4-5,8,11H2,1-3H3,(H,18,20)/t12-,13?/m0/s1. The van der Waals surface area contributed by atoms with Crippen molar-refractivity contribution < 1.29 is 4.79 Å². The number of amides is 1. The highest BCUT2D eigenvalue weighted by Crippen LogP contribution is 2.22. The number of halogens is 1. The van der Waals surface area contributed by atoms with E-state index in [4.69, 9.17) is 0 Å². The van der Waals surface area contributed by atoms with Gasteiger partial charge in [0.25, 0.3) is 0 Å². The maximum Gasteiger partial charge on any atom is 0.236 e. The van der Waals surface area contributed by atoms with Crippen LogP contribution in [-0.4, -0.2) is 18.5 Å². The minimum absolute atomic E-state index is 0.0695. The molecule has 2 N–H and O–H groups in total. The van der Waals surface area contributed by atoms with Crippen molar-refractivity contribution in [1.29, 1.82) is 0 Å². The predicted molar refractivity (Wildman–Crippen MR) is 87.7 cm³/mol. The smallest absolute Gasteiger partial charge is 0.236 e. The van der Waals surface area contributed by atoms with Gasteiger partial charge in [0.2, 0.25) is 5.91 Å². The summed E-state index contributed by atoms with van der Waals surface area (Å²) in [6, 6.07) is 8.01. The molecule has 0 bridgehead atoms. The van der Waals surface area contributed by atoms with Crippen LogP contribution in [0.4, 0.5) is 0 Å². The van der Waals surface area contributed by atoms with E-state index < -0.39 is 0 Å². The molecule has 0 radical (unpaired) electrons. The Kier molecular flexibility index (Phi) is 7.85. The average Bonchev–Trinajstić information content (AvgIpc) is 2.43. The van der Waals surface area contributed by atoms with Gasteiger partial charge in [0.1, 0.15) is 0 Å². The van der Waals surface area contributed by atoms with Crippen molar-refractivity contribution in [2.24, 2.45) is 0 Å². The van der Waals surface area contributed by atoms with Crippen molar-refractivity contribution in [2.45, 2.75) is 52.1 Å². The first-order valence-electron chi connectivity index (χ1n) is 7.34.